The molecule has 0 unspecified atom stereocenters. The van der Waals surface area contributed by atoms with Crippen LogP contribution >= 0.6 is 0 Å². The van der Waals surface area contributed by atoms with Gasteiger partial charge < -0.3 is 20.5 Å². The minimum Gasteiger partial charge on any atom is -0.454 e. The second kappa shape index (κ2) is 8.15. The third-order valence-corrected chi connectivity index (χ3v) is 8.00. The zero-order chi connectivity index (χ0) is 26.1. The summed E-state index contributed by atoms with van der Waals surface area (Å²) in [7, 11) is 0. The topological polar surface area (TPSA) is 87.2 Å². The molecule has 2 aromatic heterocycles. The summed E-state index contributed by atoms with van der Waals surface area (Å²) in [5.74, 6) is 2.45. The lowest BCUT2D eigenvalue weighted by Gasteiger charge is -2.38. The second-order valence-electron chi connectivity index (χ2n) is 10.3. The van der Waals surface area contributed by atoms with E-state index in [1.54, 1.807) is 12.3 Å². The largest absolute Gasteiger partial charge is 0.454 e. The summed E-state index contributed by atoms with van der Waals surface area (Å²) in [5, 5.41) is 3.46. The fourth-order valence-corrected chi connectivity index (χ4v) is 5.83. The molecule has 1 fully saturated rings. The van der Waals surface area contributed by atoms with Crippen molar-refractivity contribution in [2.24, 2.45) is 5.73 Å². The van der Waals surface area contributed by atoms with Crippen LogP contribution in [0.4, 0.5) is 15.9 Å². The zero-order valence-corrected chi connectivity index (χ0v) is 20.9. The van der Waals surface area contributed by atoms with Gasteiger partial charge in [-0.2, -0.15) is 0 Å². The smallest absolute Gasteiger partial charge is 0.231 e. The van der Waals surface area contributed by atoms with Gasteiger partial charge in [-0.25, -0.2) is 14.4 Å². The Morgan fingerprint density at radius 2 is 1.77 bits per heavy atom. The number of imidazole rings is 1. The first-order valence-corrected chi connectivity index (χ1v) is 13.0. The monoisotopic (exact) mass is 517 g/mol. The van der Waals surface area contributed by atoms with Crippen molar-refractivity contribution in [1.82, 2.24) is 14.5 Å². The van der Waals surface area contributed by atoms with Crippen LogP contribution in [-0.2, 0) is 5.54 Å². The molecule has 3 aromatic carbocycles. The fourth-order valence-electron chi connectivity index (χ4n) is 5.83. The molecule has 0 bridgehead atoms. The molecule has 0 radical (unpaired) electrons. The van der Waals surface area contributed by atoms with Crippen LogP contribution in [0.15, 0.2) is 79.0 Å². The Bertz CT molecular complexity index is 1790. The molecule has 4 heterocycles. The predicted octanol–water partition coefficient (Wildman–Crippen LogP) is 6.53. The maximum Gasteiger partial charge on any atom is 0.231 e. The number of benzene rings is 3. The van der Waals surface area contributed by atoms with Crippen molar-refractivity contribution in [1.29, 1.82) is 0 Å². The van der Waals surface area contributed by atoms with E-state index in [1.807, 2.05) is 66.7 Å². The molecule has 2 aliphatic heterocycles. The molecular formula is C31H24FN5O2. The van der Waals surface area contributed by atoms with E-state index < -0.39 is 5.54 Å². The third kappa shape index (κ3) is 3.31. The Balaban J connectivity index is 1.43. The maximum absolute atomic E-state index is 15.7. The summed E-state index contributed by atoms with van der Waals surface area (Å²) in [4.78, 5) is 9.84. The summed E-state index contributed by atoms with van der Waals surface area (Å²) in [6.07, 6.45) is 4.34. The number of nitrogens with one attached hydrogen (secondary N) is 1. The van der Waals surface area contributed by atoms with Crippen molar-refractivity contribution in [2.75, 3.05) is 12.1 Å². The van der Waals surface area contributed by atoms with Crippen LogP contribution in [-0.4, -0.2) is 21.3 Å². The van der Waals surface area contributed by atoms with Gasteiger partial charge in [0.1, 0.15) is 11.6 Å². The van der Waals surface area contributed by atoms with Crippen molar-refractivity contribution >= 4 is 11.5 Å². The van der Waals surface area contributed by atoms with E-state index in [9.17, 15) is 0 Å². The number of ether oxygens (including phenoxy) is 2. The molecule has 39 heavy (non-hydrogen) atoms. The highest BCUT2D eigenvalue weighted by Gasteiger charge is 2.37. The van der Waals surface area contributed by atoms with Gasteiger partial charge in [0, 0.05) is 34.0 Å². The first-order valence-electron chi connectivity index (χ1n) is 13.0. The number of rotatable bonds is 3. The van der Waals surface area contributed by atoms with Crippen LogP contribution in [0.25, 0.3) is 39.6 Å². The number of hydrogen-bond donors (Lipinski definition) is 2. The third-order valence-electron chi connectivity index (χ3n) is 8.00. The van der Waals surface area contributed by atoms with Gasteiger partial charge in [-0.15, -0.1) is 0 Å². The van der Waals surface area contributed by atoms with Crippen molar-refractivity contribution < 1.29 is 13.9 Å². The van der Waals surface area contributed by atoms with Crippen molar-refractivity contribution in [3.8, 4) is 51.1 Å². The first-order chi connectivity index (χ1) is 19.1. The number of hydrogen-bond acceptors (Lipinski definition) is 6. The molecule has 0 saturated heterocycles. The van der Waals surface area contributed by atoms with Crippen LogP contribution in [0.2, 0.25) is 0 Å². The van der Waals surface area contributed by atoms with Crippen LogP contribution in [0.5, 0.6) is 11.5 Å². The van der Waals surface area contributed by atoms with Gasteiger partial charge >= 0.3 is 0 Å². The molecule has 3 N–H and O–H groups in total. The number of para-hydroxylation sites is 1. The van der Waals surface area contributed by atoms with Gasteiger partial charge in [0.2, 0.25) is 6.79 Å². The molecular weight excluding hydrogens is 493 g/mol. The number of fused-ring (bicyclic) bond motifs is 6. The molecule has 1 aliphatic carbocycles. The Morgan fingerprint density at radius 3 is 2.62 bits per heavy atom. The van der Waals surface area contributed by atoms with Gasteiger partial charge in [-0.1, -0.05) is 24.3 Å². The standard InChI is InChI=1S/C31H24FN5O2/c32-22-15-19(8-10-21(22)31(33)12-4-13-31)28-27(18-9-11-25-26(16-18)39-17-38-25)36-30-20-5-1-2-6-23(20)35-29-24(37(28)30)7-3-14-34-29/h1-3,5-11,14-16H,4,12-13,17,33H2,(H,34,35). The highest BCUT2D eigenvalue weighted by molar-refractivity contribution is 5.91. The van der Waals surface area contributed by atoms with E-state index in [1.165, 1.54) is 0 Å². The quantitative estimate of drug-likeness (QED) is 0.278. The van der Waals surface area contributed by atoms with Crippen LogP contribution in [0, 0.1) is 5.82 Å². The Kier molecular flexibility index (Phi) is 4.66. The first kappa shape index (κ1) is 22.3. The summed E-state index contributed by atoms with van der Waals surface area (Å²) in [6, 6.07) is 23.0. The van der Waals surface area contributed by atoms with Crippen LogP contribution < -0.4 is 20.5 Å². The summed E-state index contributed by atoms with van der Waals surface area (Å²) >= 11 is 0. The number of nitrogens with two attached hydrogens (primary N) is 1. The highest BCUT2D eigenvalue weighted by Crippen LogP contribution is 2.47. The molecule has 8 rings (SSSR count). The number of pyridine rings is 1. The maximum atomic E-state index is 15.7. The fraction of sp³-hybridized carbons (Fsp3) is 0.161. The normalized spacial score (nSPS) is 15.8. The minimum absolute atomic E-state index is 0.178. The van der Waals surface area contributed by atoms with Crippen LogP contribution in [0.3, 0.4) is 0 Å². The van der Waals surface area contributed by atoms with Gasteiger partial charge in [0.15, 0.2) is 17.3 Å². The van der Waals surface area contributed by atoms with E-state index in [4.69, 9.17) is 20.2 Å². The van der Waals surface area contributed by atoms with E-state index in [-0.39, 0.29) is 12.6 Å². The lowest BCUT2D eigenvalue weighted by Crippen LogP contribution is -2.44. The Hall–Kier alpha value is -4.69. The average Bonchev–Trinajstić information content (AvgIpc) is 3.54. The molecule has 5 aromatic rings. The van der Waals surface area contributed by atoms with E-state index in [2.05, 4.69) is 14.9 Å². The molecule has 192 valence electrons. The van der Waals surface area contributed by atoms with E-state index >= 15 is 4.39 Å². The molecule has 0 atom stereocenters. The average molecular weight is 518 g/mol. The predicted molar refractivity (Wildman–Crippen MR) is 147 cm³/mol. The molecule has 7 nitrogen and oxygen atoms in total. The van der Waals surface area contributed by atoms with Gasteiger partial charge in [-0.3, -0.25) is 4.57 Å². The number of aromatic nitrogens is 3. The van der Waals surface area contributed by atoms with Crippen molar-refractivity contribution in [3.05, 3.63) is 90.4 Å². The lowest BCUT2D eigenvalue weighted by atomic mass is 9.72. The molecule has 1 saturated carbocycles. The van der Waals surface area contributed by atoms with Gasteiger partial charge in [0.25, 0.3) is 0 Å². The van der Waals surface area contributed by atoms with Crippen LogP contribution in [0.1, 0.15) is 24.8 Å². The Labute approximate surface area is 224 Å². The SMILES string of the molecule is NC1(c2ccc(-c3c(-c4ccc5c(c4)OCO5)nc4n3-c3cccnc3Nc3ccccc3-4)cc2F)CCC1. The summed E-state index contributed by atoms with van der Waals surface area (Å²) in [6.45, 7) is 0.178. The van der Waals surface area contributed by atoms with E-state index in [0.717, 1.165) is 53.3 Å². The summed E-state index contributed by atoms with van der Waals surface area (Å²) < 4.78 is 29.0. The zero-order valence-electron chi connectivity index (χ0n) is 20.9. The highest BCUT2D eigenvalue weighted by atomic mass is 19.1. The van der Waals surface area contributed by atoms with Gasteiger partial charge in [0.05, 0.1) is 22.8 Å². The molecule has 3 aliphatic rings. The Morgan fingerprint density at radius 1 is 0.923 bits per heavy atom. The number of anilines is 2. The molecule has 0 amide bonds. The van der Waals surface area contributed by atoms with Gasteiger partial charge in [-0.05, 0) is 67.8 Å². The lowest BCUT2D eigenvalue weighted by molar-refractivity contribution is 0.174. The summed E-state index contributed by atoms with van der Waals surface area (Å²) in [5.41, 5.74) is 12.1. The molecule has 8 heteroatoms. The van der Waals surface area contributed by atoms with Crippen molar-refractivity contribution in [3.63, 3.8) is 0 Å². The number of nitrogens with zero attached hydrogens (tertiary/aromatic N) is 3. The number of halogens is 1. The second-order valence-corrected chi connectivity index (χ2v) is 10.3. The van der Waals surface area contributed by atoms with E-state index in [0.29, 0.717) is 34.1 Å². The van der Waals surface area contributed by atoms with Crippen molar-refractivity contribution in [2.45, 2.75) is 24.8 Å². The minimum atomic E-state index is -0.601. The molecule has 0 spiro atoms.